The zero-order valence-corrected chi connectivity index (χ0v) is 30.0. The van der Waals surface area contributed by atoms with Crippen molar-refractivity contribution >= 4 is 41.4 Å². The molecule has 6 amide bonds. The Morgan fingerprint density at radius 3 is 1.63 bits per heavy atom. The van der Waals surface area contributed by atoms with Gasteiger partial charge in [-0.25, -0.2) is 4.79 Å². The number of hydrogen-bond donors (Lipinski definition) is 10. The molecule has 17 nitrogen and oxygen atoms in total. The topological polar surface area (TPSA) is 298 Å². The first kappa shape index (κ1) is 44.4. The molecule has 0 saturated carbocycles. The third-order valence-corrected chi connectivity index (χ3v) is 8.07. The summed E-state index contributed by atoms with van der Waals surface area (Å²) in [5.41, 5.74) is 17.5. The van der Waals surface area contributed by atoms with E-state index in [2.05, 4.69) is 26.6 Å². The fraction of sp³-hybridized carbons (Fsp3) is 0.618. The Morgan fingerprint density at radius 1 is 0.667 bits per heavy atom. The van der Waals surface area contributed by atoms with E-state index in [1.54, 1.807) is 58.0 Å². The highest BCUT2D eigenvalue weighted by molar-refractivity contribution is 5.96. The Morgan fingerprint density at radius 2 is 1.16 bits per heavy atom. The van der Waals surface area contributed by atoms with E-state index in [-0.39, 0.29) is 25.7 Å². The lowest BCUT2D eigenvalue weighted by Crippen LogP contribution is -2.61. The second kappa shape index (κ2) is 22.3. The number of amides is 6. The van der Waals surface area contributed by atoms with Crippen molar-refractivity contribution in [2.24, 2.45) is 29.0 Å². The van der Waals surface area contributed by atoms with Crippen LogP contribution in [-0.2, 0) is 40.0 Å². The van der Waals surface area contributed by atoms with Gasteiger partial charge < -0.3 is 54.0 Å². The van der Waals surface area contributed by atoms with Crippen molar-refractivity contribution in [2.45, 2.75) is 115 Å². The van der Waals surface area contributed by atoms with Crippen LogP contribution in [0.4, 0.5) is 0 Å². The molecule has 1 rings (SSSR count). The third-order valence-electron chi connectivity index (χ3n) is 8.07. The van der Waals surface area contributed by atoms with Crippen molar-refractivity contribution < 1.29 is 43.8 Å². The molecule has 0 aromatic heterocycles. The minimum atomic E-state index is -1.62. The highest BCUT2D eigenvalue weighted by Gasteiger charge is 2.35. The van der Waals surface area contributed by atoms with Crippen LogP contribution in [0.2, 0.25) is 0 Å². The standard InChI is InChI=1S/C34H56N8O9/c1-18(2)26(32(48)41-27(19(3)4)33(49)42-28(20(5)43)34(50)51)40-30(46)23(13-9-10-16-35)38-31(47)24(17-21-11-7-6-8-12-21)39-29(45)22(36)14-15-25(37)44/h6-8,11-12,18-20,22-24,26-28,43H,9-10,13-17,35-36H2,1-5H3,(H2,37,44)(H,38,47)(H,39,45)(H,40,46)(H,41,48)(H,42,49)(H,50,51)/t20-,22+,23+,24+,26+,27+,28+/m1/s1. The van der Waals surface area contributed by atoms with Crippen molar-refractivity contribution in [3.05, 3.63) is 35.9 Å². The Labute approximate surface area is 298 Å². The van der Waals surface area contributed by atoms with Crippen LogP contribution in [0.25, 0.3) is 0 Å². The summed E-state index contributed by atoms with van der Waals surface area (Å²) in [6.45, 7) is 8.11. The van der Waals surface area contributed by atoms with Crippen molar-refractivity contribution in [1.29, 1.82) is 0 Å². The Hall–Kier alpha value is -4.61. The molecule has 1 aromatic rings. The highest BCUT2D eigenvalue weighted by Crippen LogP contribution is 2.11. The second-order valence-corrected chi connectivity index (χ2v) is 13.2. The first-order chi connectivity index (χ1) is 23.9. The van der Waals surface area contributed by atoms with Gasteiger partial charge in [0.25, 0.3) is 0 Å². The summed E-state index contributed by atoms with van der Waals surface area (Å²) < 4.78 is 0. The van der Waals surface area contributed by atoms with Gasteiger partial charge in [-0.1, -0.05) is 58.0 Å². The Bertz CT molecular complexity index is 1330. The number of aliphatic carboxylic acids is 1. The van der Waals surface area contributed by atoms with Crippen molar-refractivity contribution in [1.82, 2.24) is 26.6 Å². The molecule has 0 heterocycles. The van der Waals surface area contributed by atoms with Gasteiger partial charge in [0, 0.05) is 12.8 Å². The van der Waals surface area contributed by atoms with Gasteiger partial charge in [-0.3, -0.25) is 28.8 Å². The van der Waals surface area contributed by atoms with E-state index >= 15 is 0 Å². The number of hydrogen-bond acceptors (Lipinski definition) is 10. The monoisotopic (exact) mass is 720 g/mol. The average molecular weight is 721 g/mol. The van der Waals surface area contributed by atoms with Crippen LogP contribution < -0.4 is 43.8 Å². The van der Waals surface area contributed by atoms with Crippen LogP contribution in [0, 0.1) is 11.8 Å². The predicted molar refractivity (Wildman–Crippen MR) is 188 cm³/mol. The first-order valence-corrected chi connectivity index (χ1v) is 17.1. The average Bonchev–Trinajstić information content (AvgIpc) is 3.05. The number of aliphatic hydroxyl groups excluding tert-OH is 1. The molecular weight excluding hydrogens is 664 g/mol. The molecule has 17 heteroatoms. The Balaban J connectivity index is 3.26. The van der Waals surface area contributed by atoms with Gasteiger partial charge in [0.05, 0.1) is 12.1 Å². The van der Waals surface area contributed by atoms with Crippen LogP contribution in [0.5, 0.6) is 0 Å². The van der Waals surface area contributed by atoms with E-state index in [1.807, 2.05) is 0 Å². The van der Waals surface area contributed by atoms with Crippen LogP contribution in [0.15, 0.2) is 30.3 Å². The van der Waals surface area contributed by atoms with E-state index in [9.17, 15) is 43.8 Å². The van der Waals surface area contributed by atoms with Crippen LogP contribution >= 0.6 is 0 Å². The lowest BCUT2D eigenvalue weighted by atomic mass is 9.98. The number of rotatable bonds is 23. The van der Waals surface area contributed by atoms with Gasteiger partial charge in [-0.05, 0) is 56.6 Å². The van der Waals surface area contributed by atoms with Crippen molar-refractivity contribution in [3.63, 3.8) is 0 Å². The lowest BCUT2D eigenvalue weighted by Gasteiger charge is -2.30. The van der Waals surface area contributed by atoms with Crippen LogP contribution in [0.1, 0.15) is 72.3 Å². The highest BCUT2D eigenvalue weighted by atomic mass is 16.4. The summed E-state index contributed by atoms with van der Waals surface area (Å²) in [6.07, 6.45) is -0.436. The predicted octanol–water partition coefficient (Wildman–Crippen LogP) is -1.85. The molecule has 0 fully saturated rings. The molecule has 13 N–H and O–H groups in total. The smallest absolute Gasteiger partial charge is 0.328 e. The lowest BCUT2D eigenvalue weighted by molar-refractivity contribution is -0.145. The minimum absolute atomic E-state index is 0.0381. The first-order valence-electron chi connectivity index (χ1n) is 17.1. The van der Waals surface area contributed by atoms with E-state index in [0.717, 1.165) is 0 Å². The second-order valence-electron chi connectivity index (χ2n) is 13.2. The SMILES string of the molecule is CC(C)[C@H](NC(=O)[C@H](CCCCN)NC(=O)[C@H](Cc1ccccc1)NC(=O)[C@@H](N)CCC(N)=O)C(=O)N[C@H](C(=O)N[C@H](C(=O)O)[C@@H](C)O)C(C)C. The van der Waals surface area contributed by atoms with Crippen LogP contribution in [-0.4, -0.2) is 101 Å². The molecule has 1 aromatic carbocycles. The minimum Gasteiger partial charge on any atom is -0.480 e. The Kier molecular flexibility index (Phi) is 19.4. The summed E-state index contributed by atoms with van der Waals surface area (Å²) in [7, 11) is 0. The molecule has 0 unspecified atom stereocenters. The van der Waals surface area contributed by atoms with E-state index in [0.29, 0.717) is 24.9 Å². The van der Waals surface area contributed by atoms with Gasteiger partial charge in [-0.2, -0.15) is 0 Å². The number of nitrogens with two attached hydrogens (primary N) is 3. The number of carbonyl (C=O) groups is 7. The van der Waals surface area contributed by atoms with Gasteiger partial charge in [-0.15, -0.1) is 0 Å². The maximum atomic E-state index is 13.7. The summed E-state index contributed by atoms with van der Waals surface area (Å²) in [6, 6.07) is 1.34. The summed E-state index contributed by atoms with van der Waals surface area (Å²) >= 11 is 0. The largest absolute Gasteiger partial charge is 0.480 e. The molecule has 7 atom stereocenters. The van der Waals surface area contributed by atoms with Gasteiger partial charge in [0.15, 0.2) is 6.04 Å². The molecule has 286 valence electrons. The molecule has 0 aliphatic rings. The molecular formula is C34H56N8O9. The summed E-state index contributed by atoms with van der Waals surface area (Å²) in [5.74, 6) is -6.78. The molecule has 0 radical (unpaired) electrons. The quantitative estimate of drug-likeness (QED) is 0.0560. The number of carboxylic acid groups (broad SMARTS) is 1. The van der Waals surface area contributed by atoms with Gasteiger partial charge in [0.2, 0.25) is 35.4 Å². The number of benzene rings is 1. The third kappa shape index (κ3) is 15.9. The van der Waals surface area contributed by atoms with Crippen molar-refractivity contribution in [3.8, 4) is 0 Å². The summed E-state index contributed by atoms with van der Waals surface area (Å²) in [4.78, 5) is 89.6. The van der Waals surface area contributed by atoms with E-state index < -0.39 is 95.6 Å². The maximum absolute atomic E-state index is 13.7. The van der Waals surface area contributed by atoms with Gasteiger partial charge >= 0.3 is 5.97 Å². The molecule has 0 bridgehead atoms. The van der Waals surface area contributed by atoms with E-state index in [4.69, 9.17) is 17.2 Å². The number of carboxylic acids is 1. The number of nitrogens with one attached hydrogen (secondary N) is 5. The molecule has 0 aliphatic carbocycles. The molecule has 51 heavy (non-hydrogen) atoms. The number of aliphatic hydroxyl groups is 1. The number of unbranched alkanes of at least 4 members (excludes halogenated alkanes) is 1. The van der Waals surface area contributed by atoms with Crippen LogP contribution in [0.3, 0.4) is 0 Å². The van der Waals surface area contributed by atoms with Crippen molar-refractivity contribution in [2.75, 3.05) is 6.54 Å². The number of primary amides is 1. The fourth-order valence-corrected chi connectivity index (χ4v) is 5.00. The molecule has 0 aliphatic heterocycles. The molecule has 0 spiro atoms. The zero-order valence-electron chi connectivity index (χ0n) is 30.0. The summed E-state index contributed by atoms with van der Waals surface area (Å²) in [5, 5.41) is 32.0. The zero-order chi connectivity index (χ0) is 38.8. The normalized spacial score (nSPS) is 15.3. The van der Waals surface area contributed by atoms with E-state index in [1.165, 1.54) is 6.92 Å². The van der Waals surface area contributed by atoms with Gasteiger partial charge in [0.1, 0.15) is 24.2 Å². The number of carbonyl (C=O) groups excluding carboxylic acids is 6. The molecule has 0 saturated heterocycles. The maximum Gasteiger partial charge on any atom is 0.328 e. The fourth-order valence-electron chi connectivity index (χ4n) is 5.00.